The van der Waals surface area contributed by atoms with Gasteiger partial charge < -0.3 is 5.73 Å². The molecule has 1 heterocycles. The van der Waals surface area contributed by atoms with Gasteiger partial charge in [-0.2, -0.15) is 0 Å². The van der Waals surface area contributed by atoms with Crippen molar-refractivity contribution in [3.8, 4) is 0 Å². The fourth-order valence-electron chi connectivity index (χ4n) is 1.21. The van der Waals surface area contributed by atoms with Gasteiger partial charge in [0.05, 0.1) is 0 Å². The molecule has 2 amide bonds. The first kappa shape index (κ1) is 8.43. The molecular formula is C9H7N3O2+. The fourth-order valence-corrected chi connectivity index (χ4v) is 1.21. The molecule has 14 heavy (non-hydrogen) atoms. The van der Waals surface area contributed by atoms with Crippen molar-refractivity contribution in [3.05, 3.63) is 29.8 Å². The maximum atomic E-state index is 11.4. The lowest BCUT2D eigenvalue weighted by molar-refractivity contribution is -0.112. The molecule has 2 rings (SSSR count). The van der Waals surface area contributed by atoms with E-state index in [1.807, 2.05) is 0 Å². The van der Waals surface area contributed by atoms with Crippen molar-refractivity contribution in [2.75, 3.05) is 5.32 Å². The number of hydrogen-bond donors (Lipinski definition) is 2. The molecule has 0 atom stereocenters. The van der Waals surface area contributed by atoms with Gasteiger partial charge >= 0.3 is 17.6 Å². The number of amides is 2. The SMILES string of the molecule is NC(=O)C1=[N+]C(=O)c2ccccc2N1. The predicted octanol–water partition coefficient (Wildman–Crippen LogP) is -0.528. The third kappa shape index (κ3) is 1.24. The van der Waals surface area contributed by atoms with Gasteiger partial charge in [-0.1, -0.05) is 12.1 Å². The van der Waals surface area contributed by atoms with Gasteiger partial charge in [0.1, 0.15) is 11.3 Å². The Balaban J connectivity index is 2.48. The van der Waals surface area contributed by atoms with Crippen LogP contribution >= 0.6 is 0 Å². The van der Waals surface area contributed by atoms with Crippen LogP contribution in [0.1, 0.15) is 10.4 Å². The monoisotopic (exact) mass is 189 g/mol. The molecule has 5 heteroatoms. The van der Waals surface area contributed by atoms with E-state index in [-0.39, 0.29) is 5.84 Å². The van der Waals surface area contributed by atoms with Gasteiger partial charge in [0.2, 0.25) is 0 Å². The van der Waals surface area contributed by atoms with E-state index in [9.17, 15) is 9.59 Å². The molecule has 5 nitrogen and oxygen atoms in total. The third-order valence-corrected chi connectivity index (χ3v) is 1.86. The summed E-state index contributed by atoms with van der Waals surface area (Å²) in [7, 11) is 0. The highest BCUT2D eigenvalue weighted by molar-refractivity contribution is 6.44. The molecule has 1 aromatic carbocycles. The van der Waals surface area contributed by atoms with Crippen LogP contribution in [-0.2, 0) is 4.79 Å². The second kappa shape index (κ2) is 2.95. The Morgan fingerprint density at radius 2 is 2.07 bits per heavy atom. The lowest BCUT2D eigenvalue weighted by Crippen LogP contribution is -2.39. The van der Waals surface area contributed by atoms with E-state index in [1.165, 1.54) is 0 Å². The minimum absolute atomic E-state index is 0.117. The minimum atomic E-state index is -0.743. The van der Waals surface area contributed by atoms with Crippen molar-refractivity contribution in [3.63, 3.8) is 0 Å². The largest absolute Gasteiger partial charge is 0.390 e. The standard InChI is InChI=1S/C9H7N3O2/c10-7(13)8-11-6-4-2-1-3-5(6)9(14)12-8/h1-4H,(H2,10,13)(H,11,14)/q+1. The number of amidine groups is 1. The Labute approximate surface area is 79.6 Å². The second-order valence-electron chi connectivity index (χ2n) is 2.80. The van der Waals surface area contributed by atoms with Gasteiger partial charge in [-0.15, -0.1) is 0 Å². The first-order valence-electron chi connectivity index (χ1n) is 3.97. The van der Waals surface area contributed by atoms with E-state index in [0.717, 1.165) is 0 Å². The van der Waals surface area contributed by atoms with Crippen molar-refractivity contribution >= 4 is 23.3 Å². The zero-order valence-corrected chi connectivity index (χ0v) is 7.15. The summed E-state index contributed by atoms with van der Waals surface area (Å²) in [5.41, 5.74) is 6.00. The maximum Gasteiger partial charge on any atom is 0.390 e. The third-order valence-electron chi connectivity index (χ3n) is 1.86. The molecule has 0 saturated carbocycles. The predicted molar refractivity (Wildman–Crippen MR) is 50.7 cm³/mol. The molecule has 1 aromatic rings. The summed E-state index contributed by atoms with van der Waals surface area (Å²) in [5, 5.41) is 2.68. The second-order valence-corrected chi connectivity index (χ2v) is 2.80. The number of fused-ring (bicyclic) bond motifs is 1. The lowest BCUT2D eigenvalue weighted by Gasteiger charge is -2.04. The highest BCUT2D eigenvalue weighted by Crippen LogP contribution is 2.16. The topological polar surface area (TPSA) is 86.3 Å². The molecule has 0 spiro atoms. The van der Waals surface area contributed by atoms with Crippen LogP contribution in [0.5, 0.6) is 0 Å². The molecule has 0 fully saturated rings. The van der Waals surface area contributed by atoms with Crippen LogP contribution in [0.2, 0.25) is 0 Å². The number of carbonyl (C=O) groups is 2. The Kier molecular flexibility index (Phi) is 1.78. The highest BCUT2D eigenvalue weighted by atomic mass is 16.2. The van der Waals surface area contributed by atoms with Crippen LogP contribution in [0.15, 0.2) is 24.3 Å². The normalized spacial score (nSPS) is 14.0. The van der Waals surface area contributed by atoms with Gasteiger partial charge in [0.15, 0.2) is 0 Å². The lowest BCUT2D eigenvalue weighted by atomic mass is 10.1. The van der Waals surface area contributed by atoms with E-state index >= 15 is 0 Å². The van der Waals surface area contributed by atoms with E-state index in [0.29, 0.717) is 11.3 Å². The van der Waals surface area contributed by atoms with Gasteiger partial charge in [-0.25, -0.2) is 10.1 Å². The van der Waals surface area contributed by atoms with Crippen LogP contribution in [-0.4, -0.2) is 17.6 Å². The number of carbonyl (C=O) groups excluding carboxylic acids is 2. The van der Waals surface area contributed by atoms with E-state index in [2.05, 4.69) is 10.3 Å². The van der Waals surface area contributed by atoms with Crippen molar-refractivity contribution in [2.45, 2.75) is 0 Å². The average Bonchev–Trinajstić information content (AvgIpc) is 2.17. The van der Waals surface area contributed by atoms with E-state index in [1.54, 1.807) is 24.3 Å². The van der Waals surface area contributed by atoms with Crippen molar-refractivity contribution in [2.24, 2.45) is 5.73 Å². The number of para-hydroxylation sites is 1. The fraction of sp³-hybridized carbons (Fsp3) is 0. The Morgan fingerprint density at radius 3 is 2.79 bits per heavy atom. The number of benzene rings is 1. The van der Waals surface area contributed by atoms with Crippen LogP contribution in [0, 0.1) is 0 Å². The summed E-state index contributed by atoms with van der Waals surface area (Å²) in [6.45, 7) is 0. The number of anilines is 1. The van der Waals surface area contributed by atoms with E-state index in [4.69, 9.17) is 5.73 Å². The molecule has 1 radical (unpaired) electrons. The Bertz CT molecular complexity index is 451. The zero-order valence-electron chi connectivity index (χ0n) is 7.15. The van der Waals surface area contributed by atoms with Crippen LogP contribution in [0.25, 0.3) is 0 Å². The van der Waals surface area contributed by atoms with E-state index < -0.39 is 11.8 Å². The minimum Gasteiger partial charge on any atom is -0.359 e. The number of hydrogen-bond acceptors (Lipinski definition) is 3. The molecule has 1 aliphatic rings. The first-order chi connectivity index (χ1) is 6.68. The number of nitrogens with one attached hydrogen (secondary N) is 1. The Morgan fingerprint density at radius 1 is 1.36 bits per heavy atom. The molecule has 0 saturated heterocycles. The zero-order chi connectivity index (χ0) is 10.1. The molecule has 3 N–H and O–H groups in total. The number of aliphatic imine (C=N–C) groups is 1. The first-order valence-corrected chi connectivity index (χ1v) is 3.97. The number of rotatable bonds is 1. The summed E-state index contributed by atoms with van der Waals surface area (Å²) in [6, 6.07) is 6.79. The van der Waals surface area contributed by atoms with Crippen molar-refractivity contribution in [1.29, 1.82) is 0 Å². The van der Waals surface area contributed by atoms with Crippen molar-refractivity contribution < 1.29 is 9.59 Å². The van der Waals surface area contributed by atoms with Crippen LogP contribution < -0.4 is 16.0 Å². The number of nitrogens with zero attached hydrogens (tertiary/aromatic N) is 1. The summed E-state index contributed by atoms with van der Waals surface area (Å²) in [5.74, 6) is -1.31. The van der Waals surface area contributed by atoms with Crippen LogP contribution in [0.3, 0.4) is 0 Å². The molecule has 0 aromatic heterocycles. The maximum absolute atomic E-state index is 11.4. The Hall–Kier alpha value is -2.17. The number of nitrogens with two attached hydrogens (primary N) is 1. The molecule has 69 valence electrons. The quantitative estimate of drug-likeness (QED) is 0.622. The molecule has 0 unspecified atom stereocenters. The average molecular weight is 189 g/mol. The molecule has 1 aliphatic heterocycles. The summed E-state index contributed by atoms with van der Waals surface area (Å²) < 4.78 is 0. The van der Waals surface area contributed by atoms with Crippen LogP contribution in [0.4, 0.5) is 5.69 Å². The van der Waals surface area contributed by atoms with Crippen molar-refractivity contribution in [1.82, 2.24) is 4.99 Å². The van der Waals surface area contributed by atoms with Gasteiger partial charge in [-0.05, 0) is 12.1 Å². The summed E-state index contributed by atoms with van der Waals surface area (Å²) in [6.07, 6.45) is 0. The smallest absolute Gasteiger partial charge is 0.359 e. The molecule has 0 bridgehead atoms. The van der Waals surface area contributed by atoms with Gasteiger partial charge in [0, 0.05) is 4.99 Å². The molecule has 0 aliphatic carbocycles. The highest BCUT2D eigenvalue weighted by Gasteiger charge is 2.30. The van der Waals surface area contributed by atoms with Gasteiger partial charge in [0.25, 0.3) is 0 Å². The number of primary amides is 1. The summed E-state index contributed by atoms with van der Waals surface area (Å²) in [4.78, 5) is 25.7. The molecular weight excluding hydrogens is 182 g/mol. The van der Waals surface area contributed by atoms with Gasteiger partial charge in [-0.3, -0.25) is 4.79 Å². The summed E-state index contributed by atoms with van der Waals surface area (Å²) >= 11 is 0.